The van der Waals surface area contributed by atoms with Gasteiger partial charge in [0.05, 0.1) is 18.3 Å². The second-order valence-electron chi connectivity index (χ2n) is 8.73. The maximum Gasteiger partial charge on any atom is 0.254 e. The van der Waals surface area contributed by atoms with Gasteiger partial charge in [0.1, 0.15) is 0 Å². The molecule has 6 heteroatoms. The number of fused-ring (bicyclic) bond motifs is 1. The van der Waals surface area contributed by atoms with Crippen LogP contribution in [0.3, 0.4) is 0 Å². The van der Waals surface area contributed by atoms with E-state index in [9.17, 15) is 9.90 Å². The second kappa shape index (κ2) is 8.13. The first-order valence-electron chi connectivity index (χ1n) is 10.9. The molecule has 1 aliphatic carbocycles. The normalized spacial score (nSPS) is 20.9. The molecule has 0 bridgehead atoms. The molecule has 0 unspecified atom stereocenters. The van der Waals surface area contributed by atoms with Gasteiger partial charge in [0.15, 0.2) is 0 Å². The number of rotatable bonds is 4. The smallest absolute Gasteiger partial charge is 0.254 e. The molecule has 0 radical (unpaired) electrons. The van der Waals surface area contributed by atoms with E-state index in [0.717, 1.165) is 59.1 Å². The van der Waals surface area contributed by atoms with Crippen molar-refractivity contribution in [2.75, 3.05) is 0 Å². The van der Waals surface area contributed by atoms with Gasteiger partial charge in [-0.05, 0) is 53.6 Å². The molecule has 2 aromatic carbocycles. The Balaban J connectivity index is 1.36. The number of carbonyl (C=O) groups is 1. The van der Waals surface area contributed by atoms with E-state index in [2.05, 4.69) is 29.4 Å². The van der Waals surface area contributed by atoms with Crippen LogP contribution in [0.2, 0.25) is 5.02 Å². The molecular weight excluding hydrogens is 410 g/mol. The maximum atomic E-state index is 13.1. The Morgan fingerprint density at radius 1 is 1.13 bits per heavy atom. The fourth-order valence-corrected chi connectivity index (χ4v) is 5.12. The highest BCUT2D eigenvalue weighted by molar-refractivity contribution is 6.31. The number of amides is 1. The number of carbonyl (C=O) groups excluding carboxylic acids is 1. The molecule has 1 amide bonds. The fraction of sp³-hybridized carbons (Fsp3) is 0.360. The van der Waals surface area contributed by atoms with Crippen molar-refractivity contribution in [2.24, 2.45) is 7.05 Å². The maximum absolute atomic E-state index is 13.1. The van der Waals surface area contributed by atoms with Gasteiger partial charge < -0.3 is 10.0 Å². The summed E-state index contributed by atoms with van der Waals surface area (Å²) in [4.78, 5) is 15.0. The van der Waals surface area contributed by atoms with E-state index >= 15 is 0 Å². The molecular formula is C25H26ClN3O2. The average Bonchev–Trinajstić information content (AvgIpc) is 3.33. The quantitative estimate of drug-likeness (QED) is 0.652. The minimum Gasteiger partial charge on any atom is -0.391 e. The summed E-state index contributed by atoms with van der Waals surface area (Å²) in [5.41, 5.74) is 5.98. The zero-order valence-electron chi connectivity index (χ0n) is 17.6. The summed E-state index contributed by atoms with van der Waals surface area (Å²) in [6.07, 6.45) is 7.81. The molecule has 2 heterocycles. The van der Waals surface area contributed by atoms with Crippen molar-refractivity contribution in [1.29, 1.82) is 0 Å². The molecule has 1 aliphatic heterocycles. The minimum absolute atomic E-state index is 0.0193. The number of benzene rings is 2. The first-order valence-corrected chi connectivity index (χ1v) is 11.3. The third-order valence-corrected chi connectivity index (χ3v) is 6.94. The van der Waals surface area contributed by atoms with Crippen molar-refractivity contribution >= 4 is 17.5 Å². The van der Waals surface area contributed by atoms with Gasteiger partial charge in [-0.1, -0.05) is 48.7 Å². The summed E-state index contributed by atoms with van der Waals surface area (Å²) in [5, 5.41) is 15.3. The monoisotopic (exact) mass is 435 g/mol. The van der Waals surface area contributed by atoms with Gasteiger partial charge >= 0.3 is 0 Å². The van der Waals surface area contributed by atoms with Crippen LogP contribution < -0.4 is 0 Å². The first kappa shape index (κ1) is 20.3. The molecule has 31 heavy (non-hydrogen) atoms. The largest absolute Gasteiger partial charge is 0.391 e. The molecule has 2 aliphatic rings. The molecule has 1 N–H and O–H groups in total. The molecule has 2 atom stereocenters. The second-order valence-corrected chi connectivity index (χ2v) is 9.14. The van der Waals surface area contributed by atoms with Crippen LogP contribution in [-0.2, 0) is 20.0 Å². The standard InChI is InChI=1S/C25H26ClN3O2/c1-28-14-20(13-27-28)17-8-6-16(7-9-17)10-18-11-21-19(12-22(18)26)15-29(25(21)31)23-4-2-3-5-24(23)30/h6-9,11-14,23-24,30H,2-5,10,15H2,1H3/t23-,24-/m1/s1. The molecule has 1 saturated carbocycles. The number of aliphatic hydroxyl groups is 1. The summed E-state index contributed by atoms with van der Waals surface area (Å²) < 4.78 is 1.79. The molecule has 0 saturated heterocycles. The lowest BCUT2D eigenvalue weighted by atomic mass is 9.91. The Bertz CT molecular complexity index is 1120. The van der Waals surface area contributed by atoms with Crippen LogP contribution in [0.5, 0.6) is 0 Å². The van der Waals surface area contributed by atoms with Gasteiger partial charge in [-0.3, -0.25) is 9.48 Å². The molecule has 5 rings (SSSR count). The predicted octanol–water partition coefficient (Wildman–Crippen LogP) is 4.59. The van der Waals surface area contributed by atoms with E-state index in [4.69, 9.17) is 11.6 Å². The minimum atomic E-state index is -0.430. The van der Waals surface area contributed by atoms with Crippen LogP contribution in [-0.4, -0.2) is 37.8 Å². The summed E-state index contributed by atoms with van der Waals surface area (Å²) in [7, 11) is 1.91. The average molecular weight is 436 g/mol. The van der Waals surface area contributed by atoms with E-state index in [1.165, 1.54) is 0 Å². The van der Waals surface area contributed by atoms with Gasteiger partial charge in [0.25, 0.3) is 5.91 Å². The molecule has 5 nitrogen and oxygen atoms in total. The van der Waals surface area contributed by atoms with Crippen molar-refractivity contribution in [1.82, 2.24) is 14.7 Å². The van der Waals surface area contributed by atoms with Crippen LogP contribution >= 0.6 is 11.6 Å². The van der Waals surface area contributed by atoms with Gasteiger partial charge in [-0.2, -0.15) is 5.10 Å². The first-order chi connectivity index (χ1) is 15.0. The Kier molecular flexibility index (Phi) is 5.32. The van der Waals surface area contributed by atoms with Crippen molar-refractivity contribution < 1.29 is 9.90 Å². The Morgan fingerprint density at radius 3 is 2.61 bits per heavy atom. The van der Waals surface area contributed by atoms with E-state index in [-0.39, 0.29) is 11.9 Å². The number of aliphatic hydroxyl groups excluding tert-OH is 1. The van der Waals surface area contributed by atoms with E-state index in [1.54, 1.807) is 4.68 Å². The Labute approximate surface area is 187 Å². The molecule has 3 aromatic rings. The predicted molar refractivity (Wildman–Crippen MR) is 121 cm³/mol. The highest BCUT2D eigenvalue weighted by Crippen LogP contribution is 2.34. The van der Waals surface area contributed by atoms with Crippen molar-refractivity contribution in [3.8, 4) is 11.1 Å². The lowest BCUT2D eigenvalue weighted by Crippen LogP contribution is -2.45. The van der Waals surface area contributed by atoms with E-state index < -0.39 is 6.10 Å². The van der Waals surface area contributed by atoms with Crippen LogP contribution in [0.25, 0.3) is 11.1 Å². The van der Waals surface area contributed by atoms with Crippen molar-refractivity contribution in [3.05, 3.63) is 76.1 Å². The van der Waals surface area contributed by atoms with Gasteiger partial charge in [0, 0.05) is 35.9 Å². The van der Waals surface area contributed by atoms with Crippen LogP contribution in [0.1, 0.15) is 52.7 Å². The number of hydrogen-bond acceptors (Lipinski definition) is 3. The topological polar surface area (TPSA) is 58.4 Å². The summed E-state index contributed by atoms with van der Waals surface area (Å²) in [5.74, 6) is 0.0193. The lowest BCUT2D eigenvalue weighted by Gasteiger charge is -2.35. The number of hydrogen-bond donors (Lipinski definition) is 1. The molecule has 1 fully saturated rings. The third kappa shape index (κ3) is 3.88. The van der Waals surface area contributed by atoms with Gasteiger partial charge in [-0.25, -0.2) is 0 Å². The number of halogens is 1. The third-order valence-electron chi connectivity index (χ3n) is 6.59. The number of aryl methyl sites for hydroxylation is 1. The number of aromatic nitrogens is 2. The van der Waals surface area contributed by atoms with Crippen LogP contribution in [0, 0.1) is 0 Å². The summed E-state index contributed by atoms with van der Waals surface area (Å²) >= 11 is 6.61. The van der Waals surface area contributed by atoms with E-state index in [0.29, 0.717) is 18.0 Å². The highest BCUT2D eigenvalue weighted by Gasteiger charge is 2.37. The lowest BCUT2D eigenvalue weighted by molar-refractivity contribution is 0.0191. The van der Waals surface area contributed by atoms with Crippen molar-refractivity contribution in [2.45, 2.75) is 50.8 Å². The molecule has 0 spiro atoms. The van der Waals surface area contributed by atoms with Crippen LogP contribution in [0.4, 0.5) is 0 Å². The van der Waals surface area contributed by atoms with Gasteiger partial charge in [0.2, 0.25) is 0 Å². The summed E-state index contributed by atoms with van der Waals surface area (Å²) in [6.45, 7) is 0.537. The van der Waals surface area contributed by atoms with Crippen LogP contribution in [0.15, 0.2) is 48.8 Å². The highest BCUT2D eigenvalue weighted by atomic mass is 35.5. The van der Waals surface area contributed by atoms with Gasteiger partial charge in [-0.15, -0.1) is 0 Å². The van der Waals surface area contributed by atoms with Crippen molar-refractivity contribution in [3.63, 3.8) is 0 Å². The zero-order valence-corrected chi connectivity index (χ0v) is 18.3. The van der Waals surface area contributed by atoms with E-state index in [1.807, 2.05) is 36.5 Å². The number of nitrogens with zero attached hydrogens (tertiary/aromatic N) is 3. The fourth-order valence-electron chi connectivity index (χ4n) is 4.86. The summed E-state index contributed by atoms with van der Waals surface area (Å²) in [6, 6.07) is 12.2. The molecule has 160 valence electrons. The SMILES string of the molecule is Cn1cc(-c2ccc(Cc3cc4c(cc3Cl)CN([C@@H]3CCCC[C@H]3O)C4=O)cc2)cn1. The molecule has 1 aromatic heterocycles. The zero-order chi connectivity index (χ0) is 21.5. The Hall–Kier alpha value is -2.63. The Morgan fingerprint density at radius 2 is 1.90 bits per heavy atom.